The standard InChI is InChI=1S/C18H27N3O3S/c1-3-21(16-7-11-25(23,24)13-16)18(22)17-12-15(4-8-19-17)20-9-5-14(2)6-10-20/h4,8,12,14,16H,3,5-7,9-11,13H2,1-2H3. The van der Waals surface area contributed by atoms with Crippen LogP contribution in [0, 0.1) is 5.92 Å². The number of pyridine rings is 1. The van der Waals surface area contributed by atoms with Gasteiger partial charge in [-0.2, -0.15) is 0 Å². The van der Waals surface area contributed by atoms with Crippen LogP contribution in [0.25, 0.3) is 0 Å². The third-order valence-corrected chi connectivity index (χ3v) is 7.11. The average molecular weight is 365 g/mol. The number of sulfone groups is 1. The van der Waals surface area contributed by atoms with Crippen molar-refractivity contribution in [3.05, 3.63) is 24.0 Å². The Balaban J connectivity index is 1.76. The predicted molar refractivity (Wildman–Crippen MR) is 98.6 cm³/mol. The quantitative estimate of drug-likeness (QED) is 0.816. The molecule has 2 saturated heterocycles. The van der Waals surface area contributed by atoms with Crippen molar-refractivity contribution < 1.29 is 13.2 Å². The minimum atomic E-state index is -3.02. The lowest BCUT2D eigenvalue weighted by Crippen LogP contribution is -2.41. The maximum absolute atomic E-state index is 12.9. The number of hydrogen-bond acceptors (Lipinski definition) is 5. The van der Waals surface area contributed by atoms with Gasteiger partial charge in [-0.3, -0.25) is 9.78 Å². The lowest BCUT2D eigenvalue weighted by Gasteiger charge is -2.32. The van der Waals surface area contributed by atoms with Gasteiger partial charge in [-0.05, 0) is 44.2 Å². The van der Waals surface area contributed by atoms with Crippen molar-refractivity contribution in [1.29, 1.82) is 0 Å². The molecule has 1 aromatic rings. The molecule has 1 amide bonds. The number of aromatic nitrogens is 1. The van der Waals surface area contributed by atoms with Crippen LogP contribution < -0.4 is 4.90 Å². The summed E-state index contributed by atoms with van der Waals surface area (Å²) in [5.74, 6) is 0.813. The van der Waals surface area contributed by atoms with Crippen molar-refractivity contribution in [1.82, 2.24) is 9.88 Å². The zero-order valence-electron chi connectivity index (χ0n) is 15.0. The van der Waals surface area contributed by atoms with Crippen molar-refractivity contribution >= 4 is 21.4 Å². The van der Waals surface area contributed by atoms with E-state index >= 15 is 0 Å². The lowest BCUT2D eigenvalue weighted by molar-refractivity contribution is 0.0702. The highest BCUT2D eigenvalue weighted by atomic mass is 32.2. The van der Waals surface area contributed by atoms with Crippen molar-refractivity contribution in [3.8, 4) is 0 Å². The second kappa shape index (κ2) is 7.32. The molecule has 2 aliphatic rings. The smallest absolute Gasteiger partial charge is 0.272 e. The van der Waals surface area contributed by atoms with E-state index in [0.717, 1.165) is 37.5 Å². The van der Waals surface area contributed by atoms with Crippen molar-refractivity contribution in [2.45, 2.75) is 39.2 Å². The van der Waals surface area contributed by atoms with Crippen LogP contribution in [0.4, 0.5) is 5.69 Å². The van der Waals surface area contributed by atoms with Gasteiger partial charge < -0.3 is 9.80 Å². The third-order valence-electron chi connectivity index (χ3n) is 5.36. The molecule has 138 valence electrons. The molecule has 1 unspecified atom stereocenters. The van der Waals surface area contributed by atoms with Gasteiger partial charge >= 0.3 is 0 Å². The van der Waals surface area contributed by atoms with Crippen molar-refractivity contribution in [2.24, 2.45) is 5.92 Å². The van der Waals surface area contributed by atoms with E-state index in [9.17, 15) is 13.2 Å². The first-order valence-corrected chi connectivity index (χ1v) is 10.9. The first-order chi connectivity index (χ1) is 11.9. The molecule has 1 atom stereocenters. The summed E-state index contributed by atoms with van der Waals surface area (Å²) in [6, 6.07) is 3.57. The molecule has 1 aromatic heterocycles. The molecule has 0 N–H and O–H groups in total. The monoisotopic (exact) mass is 365 g/mol. The number of anilines is 1. The first kappa shape index (κ1) is 18.2. The highest BCUT2D eigenvalue weighted by molar-refractivity contribution is 7.91. The average Bonchev–Trinajstić information content (AvgIpc) is 2.96. The fourth-order valence-corrected chi connectivity index (χ4v) is 5.47. The number of hydrogen-bond donors (Lipinski definition) is 0. The van der Waals surface area contributed by atoms with Crippen LogP contribution in [-0.2, 0) is 9.84 Å². The van der Waals surface area contributed by atoms with Gasteiger partial charge in [-0.15, -0.1) is 0 Å². The molecule has 0 spiro atoms. The molecule has 0 radical (unpaired) electrons. The van der Waals surface area contributed by atoms with Crippen LogP contribution in [-0.4, -0.2) is 61.4 Å². The summed E-state index contributed by atoms with van der Waals surface area (Å²) in [5, 5.41) is 0. The van der Waals surface area contributed by atoms with E-state index in [1.165, 1.54) is 0 Å². The van der Waals surface area contributed by atoms with E-state index in [-0.39, 0.29) is 23.5 Å². The maximum Gasteiger partial charge on any atom is 0.272 e. The number of carbonyl (C=O) groups is 1. The van der Waals surface area contributed by atoms with Gasteiger partial charge in [-0.1, -0.05) is 6.92 Å². The third kappa shape index (κ3) is 4.14. The van der Waals surface area contributed by atoms with Gasteiger partial charge in [-0.25, -0.2) is 8.42 Å². The van der Waals surface area contributed by atoms with Crippen LogP contribution in [0.15, 0.2) is 18.3 Å². The minimum absolute atomic E-state index is 0.0658. The van der Waals surface area contributed by atoms with Crippen LogP contribution in [0.2, 0.25) is 0 Å². The Hall–Kier alpha value is -1.63. The zero-order chi connectivity index (χ0) is 18.0. The molecule has 3 rings (SSSR count). The van der Waals surface area contributed by atoms with Gasteiger partial charge in [0.25, 0.3) is 5.91 Å². The molecule has 0 aliphatic carbocycles. The Morgan fingerprint density at radius 2 is 2.04 bits per heavy atom. The summed E-state index contributed by atoms with van der Waals surface area (Å²) in [6.45, 7) is 6.65. The van der Waals surface area contributed by atoms with Gasteiger partial charge in [0, 0.05) is 37.6 Å². The van der Waals surface area contributed by atoms with Crippen LogP contribution in [0.3, 0.4) is 0 Å². The van der Waals surface area contributed by atoms with Crippen LogP contribution in [0.5, 0.6) is 0 Å². The molecular weight excluding hydrogens is 338 g/mol. The minimum Gasteiger partial charge on any atom is -0.371 e. The Bertz CT molecular complexity index is 727. The predicted octanol–water partition coefficient (Wildman–Crippen LogP) is 1.97. The Morgan fingerprint density at radius 1 is 1.32 bits per heavy atom. The first-order valence-electron chi connectivity index (χ1n) is 9.12. The summed E-state index contributed by atoms with van der Waals surface area (Å²) in [6.07, 6.45) is 4.52. The summed E-state index contributed by atoms with van der Waals surface area (Å²) in [7, 11) is -3.02. The summed E-state index contributed by atoms with van der Waals surface area (Å²) in [4.78, 5) is 21.1. The molecule has 0 bridgehead atoms. The van der Waals surface area contributed by atoms with Gasteiger partial charge in [0.05, 0.1) is 11.5 Å². The number of rotatable bonds is 4. The van der Waals surface area contributed by atoms with Crippen LogP contribution >= 0.6 is 0 Å². The van der Waals surface area contributed by atoms with E-state index in [0.29, 0.717) is 18.7 Å². The van der Waals surface area contributed by atoms with E-state index < -0.39 is 9.84 Å². The Kier molecular flexibility index (Phi) is 5.32. The second-order valence-electron chi connectivity index (χ2n) is 7.22. The van der Waals surface area contributed by atoms with E-state index in [1.54, 1.807) is 11.1 Å². The number of carbonyl (C=O) groups excluding carboxylic acids is 1. The van der Waals surface area contributed by atoms with Gasteiger partial charge in [0.1, 0.15) is 5.69 Å². The molecule has 25 heavy (non-hydrogen) atoms. The number of amides is 1. The molecule has 7 heteroatoms. The lowest BCUT2D eigenvalue weighted by atomic mass is 9.99. The molecule has 6 nitrogen and oxygen atoms in total. The Morgan fingerprint density at radius 3 is 2.64 bits per heavy atom. The molecule has 0 saturated carbocycles. The van der Waals surface area contributed by atoms with E-state index in [1.807, 2.05) is 19.1 Å². The molecular formula is C18H27N3O3S. The van der Waals surface area contributed by atoms with Crippen LogP contribution in [0.1, 0.15) is 43.6 Å². The van der Waals surface area contributed by atoms with E-state index in [2.05, 4.69) is 16.8 Å². The summed E-state index contributed by atoms with van der Waals surface area (Å²) >= 11 is 0. The number of piperidine rings is 1. The highest BCUT2D eigenvalue weighted by Crippen LogP contribution is 2.24. The maximum atomic E-state index is 12.9. The summed E-state index contributed by atoms with van der Waals surface area (Å²) < 4.78 is 23.5. The molecule has 2 aliphatic heterocycles. The topological polar surface area (TPSA) is 70.6 Å². The second-order valence-corrected chi connectivity index (χ2v) is 9.45. The number of nitrogens with zero attached hydrogens (tertiary/aromatic N) is 3. The van der Waals surface area contributed by atoms with Crippen molar-refractivity contribution in [3.63, 3.8) is 0 Å². The largest absolute Gasteiger partial charge is 0.371 e. The highest BCUT2D eigenvalue weighted by Gasteiger charge is 2.34. The zero-order valence-corrected chi connectivity index (χ0v) is 15.8. The fourth-order valence-electron chi connectivity index (χ4n) is 3.74. The normalized spacial score (nSPS) is 23.6. The van der Waals surface area contributed by atoms with Crippen molar-refractivity contribution in [2.75, 3.05) is 36.0 Å². The van der Waals surface area contributed by atoms with E-state index in [4.69, 9.17) is 0 Å². The summed E-state index contributed by atoms with van der Waals surface area (Å²) in [5.41, 5.74) is 1.43. The SMILES string of the molecule is CCN(C(=O)c1cc(N2CCC(C)CC2)ccn1)C1CCS(=O)(=O)C1. The Labute approximate surface area is 150 Å². The molecule has 2 fully saturated rings. The molecule has 0 aromatic carbocycles. The van der Waals surface area contributed by atoms with Gasteiger partial charge in [0.15, 0.2) is 9.84 Å². The van der Waals surface area contributed by atoms with Gasteiger partial charge in [0.2, 0.25) is 0 Å². The molecule has 3 heterocycles. The fraction of sp³-hybridized carbons (Fsp3) is 0.667.